The van der Waals surface area contributed by atoms with Crippen molar-refractivity contribution < 1.29 is 31.7 Å². The summed E-state index contributed by atoms with van der Waals surface area (Å²) in [5.74, 6) is -2.73. The van der Waals surface area contributed by atoms with Gasteiger partial charge in [0.1, 0.15) is 5.69 Å². The van der Waals surface area contributed by atoms with Gasteiger partial charge < -0.3 is 10.2 Å². The quantitative estimate of drug-likeness (QED) is 0.390. The maximum atomic E-state index is 13.4. The summed E-state index contributed by atoms with van der Waals surface area (Å²) in [7, 11) is 0. The summed E-state index contributed by atoms with van der Waals surface area (Å²) >= 11 is 0. The first-order valence-electron chi connectivity index (χ1n) is 9.83. The normalized spacial score (nSPS) is 16.0. The average Bonchev–Trinajstić information content (AvgIpc) is 2.74. The minimum atomic E-state index is -4.70. The van der Waals surface area contributed by atoms with Crippen molar-refractivity contribution in [2.45, 2.75) is 32.0 Å². The number of halogens is 5. The van der Waals surface area contributed by atoms with Gasteiger partial charge in [-0.2, -0.15) is 13.2 Å². The fourth-order valence-corrected chi connectivity index (χ4v) is 3.69. The topological polar surface area (TPSA) is 75.5 Å². The van der Waals surface area contributed by atoms with Crippen LogP contribution in [0, 0.1) is 27.7 Å². The Morgan fingerprint density at radius 2 is 1.78 bits per heavy atom. The zero-order valence-electron chi connectivity index (χ0n) is 17.0. The average molecular weight is 457 g/mol. The van der Waals surface area contributed by atoms with Crippen LogP contribution in [0.3, 0.4) is 0 Å². The highest BCUT2D eigenvalue weighted by atomic mass is 19.4. The van der Waals surface area contributed by atoms with Crippen molar-refractivity contribution in [1.29, 1.82) is 0 Å². The minimum absolute atomic E-state index is 0.0667. The number of nitro groups is 1. The summed E-state index contributed by atoms with van der Waals surface area (Å²) < 4.78 is 65.2. The van der Waals surface area contributed by atoms with Crippen molar-refractivity contribution in [2.75, 3.05) is 18.0 Å². The van der Waals surface area contributed by atoms with Crippen LogP contribution < -0.4 is 10.2 Å². The third-order valence-corrected chi connectivity index (χ3v) is 5.51. The molecule has 3 rings (SSSR count). The van der Waals surface area contributed by atoms with E-state index in [0.717, 1.165) is 24.3 Å². The maximum absolute atomic E-state index is 13.4. The van der Waals surface area contributed by atoms with Crippen LogP contribution >= 0.6 is 0 Å². The van der Waals surface area contributed by atoms with Gasteiger partial charge in [0.25, 0.3) is 5.69 Å². The molecule has 1 amide bonds. The van der Waals surface area contributed by atoms with E-state index in [0.29, 0.717) is 24.5 Å². The fourth-order valence-electron chi connectivity index (χ4n) is 3.69. The van der Waals surface area contributed by atoms with Gasteiger partial charge in [0.05, 0.1) is 16.5 Å². The second-order valence-corrected chi connectivity index (χ2v) is 7.62. The number of hydrogen-bond acceptors (Lipinski definition) is 4. The number of alkyl halides is 3. The van der Waals surface area contributed by atoms with Gasteiger partial charge in [-0.15, -0.1) is 0 Å². The van der Waals surface area contributed by atoms with Crippen molar-refractivity contribution >= 4 is 17.3 Å². The first kappa shape index (κ1) is 23.4. The monoisotopic (exact) mass is 457 g/mol. The molecule has 172 valence electrons. The molecule has 1 atom stereocenters. The molecule has 1 fully saturated rings. The van der Waals surface area contributed by atoms with E-state index in [1.54, 1.807) is 11.8 Å². The summed E-state index contributed by atoms with van der Waals surface area (Å²) in [5, 5.41) is 14.1. The van der Waals surface area contributed by atoms with Crippen LogP contribution in [0.5, 0.6) is 0 Å². The third-order valence-electron chi connectivity index (χ3n) is 5.51. The van der Waals surface area contributed by atoms with Crippen LogP contribution in [0.2, 0.25) is 0 Å². The number of nitrogens with zero attached hydrogens (tertiary/aromatic N) is 2. The second-order valence-electron chi connectivity index (χ2n) is 7.62. The van der Waals surface area contributed by atoms with Crippen molar-refractivity contribution in [3.8, 4) is 0 Å². The number of carbonyl (C=O) groups excluding carboxylic acids is 1. The minimum Gasteiger partial charge on any atom is -0.366 e. The van der Waals surface area contributed by atoms with Crippen LogP contribution in [0.25, 0.3) is 0 Å². The number of hydrogen-bond donors (Lipinski definition) is 1. The van der Waals surface area contributed by atoms with Gasteiger partial charge in [-0.25, -0.2) is 8.78 Å². The summed E-state index contributed by atoms with van der Waals surface area (Å²) in [5.41, 5.74) is -1.28. The Balaban J connectivity index is 1.65. The summed E-state index contributed by atoms with van der Waals surface area (Å²) in [6, 6.07) is 5.17. The molecular weight excluding hydrogens is 437 g/mol. The van der Waals surface area contributed by atoms with E-state index in [4.69, 9.17) is 0 Å². The van der Waals surface area contributed by atoms with Crippen LogP contribution in [-0.2, 0) is 11.0 Å². The molecule has 1 N–H and O–H groups in total. The molecule has 1 aliphatic rings. The predicted molar refractivity (Wildman–Crippen MR) is 106 cm³/mol. The number of rotatable bonds is 5. The van der Waals surface area contributed by atoms with Gasteiger partial charge in [-0.3, -0.25) is 14.9 Å². The van der Waals surface area contributed by atoms with E-state index in [9.17, 15) is 36.9 Å². The molecular formula is C21H20F5N3O3. The molecule has 0 aliphatic carbocycles. The Labute approximate surface area is 180 Å². The van der Waals surface area contributed by atoms with Gasteiger partial charge in [0.2, 0.25) is 5.91 Å². The smallest absolute Gasteiger partial charge is 0.366 e. The number of benzene rings is 2. The lowest BCUT2D eigenvalue weighted by atomic mass is 9.94. The van der Waals surface area contributed by atoms with Crippen molar-refractivity contribution in [3.63, 3.8) is 0 Å². The number of piperidine rings is 1. The summed E-state index contributed by atoms with van der Waals surface area (Å²) in [4.78, 5) is 24.6. The van der Waals surface area contributed by atoms with E-state index in [1.165, 1.54) is 6.07 Å². The molecule has 1 unspecified atom stereocenters. The molecule has 11 heteroatoms. The lowest BCUT2D eigenvalue weighted by Gasteiger charge is -2.33. The molecule has 0 aromatic heterocycles. The van der Waals surface area contributed by atoms with Crippen molar-refractivity contribution in [1.82, 2.24) is 5.32 Å². The molecule has 0 saturated carbocycles. The number of nitrogens with one attached hydrogen (secondary N) is 1. The molecule has 1 aliphatic heterocycles. The van der Waals surface area contributed by atoms with Gasteiger partial charge in [0, 0.05) is 25.1 Å². The molecule has 6 nitrogen and oxygen atoms in total. The van der Waals surface area contributed by atoms with E-state index in [-0.39, 0.29) is 24.7 Å². The molecule has 2 aromatic rings. The summed E-state index contributed by atoms with van der Waals surface area (Å²) in [6.45, 7) is 2.11. The van der Waals surface area contributed by atoms with E-state index in [1.807, 2.05) is 0 Å². The standard InChI is InChI=1S/C21H20F5N3O3/c1-12(14-2-4-16(22)17(23)10-14)27-20(30)13-6-8-28(9-7-13)18-5-3-15(21(24,25)26)11-19(18)29(31)32/h2-5,10-13H,6-9H2,1H3,(H,27,30). The zero-order valence-corrected chi connectivity index (χ0v) is 17.0. The van der Waals surface area contributed by atoms with E-state index >= 15 is 0 Å². The van der Waals surface area contributed by atoms with Crippen LogP contribution in [-0.4, -0.2) is 23.9 Å². The van der Waals surface area contributed by atoms with Crippen molar-refractivity contribution in [3.05, 3.63) is 69.3 Å². The molecule has 2 aromatic carbocycles. The van der Waals surface area contributed by atoms with Gasteiger partial charge in [-0.1, -0.05) is 6.07 Å². The van der Waals surface area contributed by atoms with Crippen molar-refractivity contribution in [2.24, 2.45) is 5.92 Å². The molecule has 0 radical (unpaired) electrons. The van der Waals surface area contributed by atoms with Gasteiger partial charge in [-0.05, 0) is 49.6 Å². The lowest BCUT2D eigenvalue weighted by Crippen LogP contribution is -2.41. The Morgan fingerprint density at radius 1 is 1.12 bits per heavy atom. The number of amides is 1. The van der Waals surface area contributed by atoms with Gasteiger partial charge >= 0.3 is 6.18 Å². The number of carbonyl (C=O) groups is 1. The first-order valence-corrected chi connectivity index (χ1v) is 9.83. The molecule has 0 spiro atoms. The van der Waals surface area contributed by atoms with Crippen LogP contribution in [0.4, 0.5) is 33.3 Å². The highest BCUT2D eigenvalue weighted by Gasteiger charge is 2.35. The van der Waals surface area contributed by atoms with E-state index in [2.05, 4.69) is 5.32 Å². The number of nitro benzene ring substituents is 1. The predicted octanol–water partition coefficient (Wildman–Crippen LogP) is 4.99. The fraction of sp³-hybridized carbons (Fsp3) is 0.381. The molecule has 32 heavy (non-hydrogen) atoms. The number of anilines is 1. The van der Waals surface area contributed by atoms with Crippen LogP contribution in [0.1, 0.15) is 36.9 Å². The summed E-state index contributed by atoms with van der Waals surface area (Å²) in [6.07, 6.45) is -4.04. The van der Waals surface area contributed by atoms with E-state index < -0.39 is 45.9 Å². The third kappa shape index (κ3) is 5.14. The Morgan fingerprint density at radius 3 is 2.34 bits per heavy atom. The second kappa shape index (κ2) is 9.09. The Hall–Kier alpha value is -3.24. The maximum Gasteiger partial charge on any atom is 0.416 e. The van der Waals surface area contributed by atoms with Crippen LogP contribution in [0.15, 0.2) is 36.4 Å². The highest BCUT2D eigenvalue weighted by Crippen LogP contribution is 2.37. The lowest BCUT2D eigenvalue weighted by molar-refractivity contribution is -0.384. The molecule has 0 bridgehead atoms. The Bertz CT molecular complexity index is 1020. The zero-order chi connectivity index (χ0) is 23.6. The molecule has 1 heterocycles. The highest BCUT2D eigenvalue weighted by molar-refractivity contribution is 5.79. The van der Waals surface area contributed by atoms with Gasteiger partial charge in [0.15, 0.2) is 11.6 Å². The Kier molecular flexibility index (Phi) is 6.65. The SMILES string of the molecule is CC(NC(=O)C1CCN(c2ccc(C(F)(F)F)cc2[N+](=O)[O-])CC1)c1ccc(F)c(F)c1. The molecule has 1 saturated heterocycles. The largest absolute Gasteiger partial charge is 0.416 e. The first-order chi connectivity index (χ1) is 15.0.